The summed E-state index contributed by atoms with van der Waals surface area (Å²) >= 11 is 0. The van der Waals surface area contributed by atoms with E-state index in [-0.39, 0.29) is 36.4 Å². The summed E-state index contributed by atoms with van der Waals surface area (Å²) in [5.41, 5.74) is 2.16. The smallest absolute Gasteiger partial charge is 0.247 e. The molecule has 184 valence electrons. The summed E-state index contributed by atoms with van der Waals surface area (Å²) in [6, 6.07) is 4.70. The second-order valence-electron chi connectivity index (χ2n) is 9.54. The SMILES string of the molecule is C[C@@H]1CN([C@H](C)CO)S(=O)(=O)c2ccc(C3=CCCC3)cc2O[C@@H]1CN(C)C(=O)CN(C)C. The molecule has 2 aliphatic rings. The highest BCUT2D eigenvalue weighted by atomic mass is 32.2. The molecule has 0 radical (unpaired) electrons. The Labute approximate surface area is 197 Å². The van der Waals surface area contributed by atoms with Gasteiger partial charge in [-0.3, -0.25) is 4.79 Å². The summed E-state index contributed by atoms with van der Waals surface area (Å²) in [7, 11) is 1.56. The minimum atomic E-state index is -3.87. The Balaban J connectivity index is 2.02. The van der Waals surface area contributed by atoms with Crippen LogP contribution in [0.2, 0.25) is 0 Å². The predicted molar refractivity (Wildman–Crippen MR) is 128 cm³/mol. The van der Waals surface area contributed by atoms with Gasteiger partial charge in [0.05, 0.1) is 19.7 Å². The molecule has 1 amide bonds. The third kappa shape index (κ3) is 5.77. The Bertz CT molecular complexity index is 992. The Hall–Kier alpha value is -1.94. The number of ether oxygens (including phenoxy) is 1. The van der Waals surface area contributed by atoms with Crippen LogP contribution in [0.3, 0.4) is 0 Å². The minimum Gasteiger partial charge on any atom is -0.487 e. The summed E-state index contributed by atoms with van der Waals surface area (Å²) < 4.78 is 34.9. The molecule has 0 fully saturated rings. The molecule has 0 unspecified atom stereocenters. The van der Waals surface area contributed by atoms with Gasteiger partial charge in [0.25, 0.3) is 0 Å². The van der Waals surface area contributed by atoms with Crippen LogP contribution in [0.25, 0.3) is 5.57 Å². The molecule has 1 aliphatic carbocycles. The van der Waals surface area contributed by atoms with Gasteiger partial charge in [-0.15, -0.1) is 0 Å². The van der Waals surface area contributed by atoms with E-state index in [1.165, 1.54) is 9.88 Å². The summed E-state index contributed by atoms with van der Waals surface area (Å²) in [4.78, 5) is 16.1. The topological polar surface area (TPSA) is 90.4 Å². The zero-order chi connectivity index (χ0) is 24.3. The normalized spacial score (nSPS) is 23.8. The van der Waals surface area contributed by atoms with Crippen molar-refractivity contribution in [2.24, 2.45) is 5.92 Å². The second kappa shape index (κ2) is 10.5. The van der Waals surface area contributed by atoms with Crippen LogP contribution in [0.1, 0.15) is 38.7 Å². The zero-order valence-corrected chi connectivity index (χ0v) is 21.1. The van der Waals surface area contributed by atoms with Crippen LogP contribution >= 0.6 is 0 Å². The van der Waals surface area contributed by atoms with Crippen LogP contribution in [0.15, 0.2) is 29.2 Å². The molecule has 9 heteroatoms. The number of fused-ring (bicyclic) bond motifs is 1. The van der Waals surface area contributed by atoms with Gasteiger partial charge >= 0.3 is 0 Å². The molecule has 1 aromatic rings. The molecule has 3 rings (SSSR count). The van der Waals surface area contributed by atoms with Crippen LogP contribution in [0.5, 0.6) is 5.75 Å². The van der Waals surface area contributed by atoms with Gasteiger partial charge in [-0.2, -0.15) is 4.31 Å². The van der Waals surface area contributed by atoms with Gasteiger partial charge in [-0.05, 0) is 63.6 Å². The van der Waals surface area contributed by atoms with E-state index in [2.05, 4.69) is 6.08 Å². The fourth-order valence-electron chi connectivity index (χ4n) is 4.34. The Morgan fingerprint density at radius 3 is 2.64 bits per heavy atom. The van der Waals surface area contributed by atoms with Gasteiger partial charge in [-0.1, -0.05) is 19.1 Å². The molecule has 1 aromatic carbocycles. The van der Waals surface area contributed by atoms with Crippen molar-refractivity contribution >= 4 is 21.5 Å². The first-order valence-corrected chi connectivity index (χ1v) is 13.0. The van der Waals surface area contributed by atoms with Crippen molar-refractivity contribution in [2.45, 2.75) is 50.2 Å². The van der Waals surface area contributed by atoms with Crippen molar-refractivity contribution in [3.8, 4) is 5.75 Å². The number of aliphatic hydroxyl groups excluding tert-OH is 1. The highest BCUT2D eigenvalue weighted by Crippen LogP contribution is 2.37. The number of nitrogens with zero attached hydrogens (tertiary/aromatic N) is 3. The monoisotopic (exact) mass is 479 g/mol. The molecule has 0 saturated heterocycles. The summed E-state index contributed by atoms with van der Waals surface area (Å²) in [5.74, 6) is 0.0717. The minimum absolute atomic E-state index is 0.0313. The summed E-state index contributed by atoms with van der Waals surface area (Å²) in [5, 5.41) is 9.77. The van der Waals surface area contributed by atoms with E-state index in [4.69, 9.17) is 4.74 Å². The molecule has 0 saturated carbocycles. The first-order chi connectivity index (χ1) is 15.5. The van der Waals surface area contributed by atoms with Crippen molar-refractivity contribution in [2.75, 3.05) is 47.4 Å². The van der Waals surface area contributed by atoms with Crippen LogP contribution in [0.4, 0.5) is 0 Å². The Morgan fingerprint density at radius 2 is 2.03 bits per heavy atom. The molecular weight excluding hydrogens is 442 g/mol. The lowest BCUT2D eigenvalue weighted by Gasteiger charge is -2.37. The van der Waals surface area contributed by atoms with Gasteiger partial charge in [-0.25, -0.2) is 8.42 Å². The zero-order valence-electron chi connectivity index (χ0n) is 20.3. The number of sulfonamides is 1. The number of benzene rings is 1. The van der Waals surface area contributed by atoms with Crippen molar-refractivity contribution in [1.82, 2.24) is 14.1 Å². The molecule has 0 aromatic heterocycles. The van der Waals surface area contributed by atoms with Gasteiger partial charge in [0.2, 0.25) is 15.9 Å². The number of carbonyl (C=O) groups is 1. The standard InChI is InChI=1S/C24H37N3O5S/c1-17-13-27(18(2)16-28)33(30,31)23-11-10-20(19-8-6-7-9-19)12-21(23)32-22(17)14-26(5)24(29)15-25(3)4/h8,10-12,17-18,22,28H,6-7,9,13-16H2,1-5H3/t17-,18-,22-/m1/s1. The lowest BCUT2D eigenvalue weighted by molar-refractivity contribution is -0.132. The second-order valence-corrected chi connectivity index (χ2v) is 11.4. The molecular formula is C24H37N3O5S. The number of likely N-dealkylation sites (N-methyl/N-ethyl adjacent to an activating group) is 2. The lowest BCUT2D eigenvalue weighted by atomic mass is 10.0. The number of amides is 1. The van der Waals surface area contributed by atoms with E-state index in [0.29, 0.717) is 12.3 Å². The van der Waals surface area contributed by atoms with Gasteiger partial charge < -0.3 is 19.6 Å². The van der Waals surface area contributed by atoms with Crippen molar-refractivity contribution in [1.29, 1.82) is 0 Å². The molecule has 0 spiro atoms. The highest BCUT2D eigenvalue weighted by molar-refractivity contribution is 7.89. The molecule has 1 aliphatic heterocycles. The van der Waals surface area contributed by atoms with Crippen LogP contribution in [-0.4, -0.2) is 93.1 Å². The first-order valence-electron chi connectivity index (χ1n) is 11.6. The fourth-order valence-corrected chi connectivity index (χ4v) is 6.17. The molecule has 1 N–H and O–H groups in total. The Morgan fingerprint density at radius 1 is 1.30 bits per heavy atom. The number of carbonyl (C=O) groups excluding carboxylic acids is 1. The third-order valence-corrected chi connectivity index (χ3v) is 8.43. The maximum absolute atomic E-state index is 13.6. The Kier molecular flexibility index (Phi) is 8.21. The van der Waals surface area contributed by atoms with Crippen molar-refractivity contribution < 1.29 is 23.1 Å². The van der Waals surface area contributed by atoms with Gasteiger partial charge in [0.15, 0.2) is 0 Å². The van der Waals surface area contributed by atoms with Gasteiger partial charge in [0.1, 0.15) is 16.7 Å². The summed E-state index contributed by atoms with van der Waals surface area (Å²) in [6.07, 6.45) is 4.85. The predicted octanol–water partition coefficient (Wildman–Crippen LogP) is 2.04. The van der Waals surface area contributed by atoms with Gasteiger partial charge in [0, 0.05) is 25.6 Å². The molecule has 1 heterocycles. The molecule has 33 heavy (non-hydrogen) atoms. The van der Waals surface area contributed by atoms with Crippen molar-refractivity contribution in [3.63, 3.8) is 0 Å². The largest absolute Gasteiger partial charge is 0.487 e. The number of allylic oxidation sites excluding steroid dienone is 2. The average Bonchev–Trinajstić information content (AvgIpc) is 3.29. The van der Waals surface area contributed by atoms with Crippen LogP contribution in [-0.2, 0) is 14.8 Å². The van der Waals surface area contributed by atoms with E-state index < -0.39 is 22.2 Å². The number of rotatable bonds is 7. The van der Waals surface area contributed by atoms with E-state index >= 15 is 0 Å². The average molecular weight is 480 g/mol. The number of hydrogen-bond donors (Lipinski definition) is 1. The van der Waals surface area contributed by atoms with Crippen LogP contribution in [0, 0.1) is 5.92 Å². The number of hydrogen-bond acceptors (Lipinski definition) is 6. The maximum Gasteiger partial charge on any atom is 0.247 e. The molecule has 3 atom stereocenters. The lowest BCUT2D eigenvalue weighted by Crippen LogP contribution is -2.50. The van der Waals surface area contributed by atoms with E-state index in [1.807, 2.05) is 38.1 Å². The van der Waals surface area contributed by atoms with E-state index in [1.54, 1.807) is 24.9 Å². The quantitative estimate of drug-likeness (QED) is 0.644. The molecule has 8 nitrogen and oxygen atoms in total. The molecule has 0 bridgehead atoms. The first kappa shape index (κ1) is 25.7. The van der Waals surface area contributed by atoms with Crippen LogP contribution < -0.4 is 4.74 Å². The van der Waals surface area contributed by atoms with E-state index in [0.717, 1.165) is 24.8 Å². The van der Waals surface area contributed by atoms with E-state index in [9.17, 15) is 18.3 Å². The maximum atomic E-state index is 13.6. The number of aliphatic hydroxyl groups is 1. The third-order valence-electron chi connectivity index (χ3n) is 6.41. The highest BCUT2D eigenvalue weighted by Gasteiger charge is 2.38. The fraction of sp³-hybridized carbons (Fsp3) is 0.625. The summed E-state index contributed by atoms with van der Waals surface area (Å²) in [6.45, 7) is 4.16. The van der Waals surface area contributed by atoms with Crippen molar-refractivity contribution in [3.05, 3.63) is 29.8 Å².